The van der Waals surface area contributed by atoms with Gasteiger partial charge in [0, 0.05) is 20.0 Å². The van der Waals surface area contributed by atoms with Gasteiger partial charge < -0.3 is 4.90 Å². The summed E-state index contributed by atoms with van der Waals surface area (Å²) in [5.74, 6) is 0.566. The van der Waals surface area contributed by atoms with Crippen LogP contribution >= 0.6 is 11.6 Å². The summed E-state index contributed by atoms with van der Waals surface area (Å²) in [6.07, 6.45) is 2.56. The number of hydrogen-bond acceptors (Lipinski definition) is 2. The zero-order valence-corrected chi connectivity index (χ0v) is 9.48. The summed E-state index contributed by atoms with van der Waals surface area (Å²) in [6, 6.07) is 0. The van der Waals surface area contributed by atoms with Crippen LogP contribution in [0.25, 0.3) is 0 Å². The van der Waals surface area contributed by atoms with Crippen LogP contribution in [0, 0.1) is 0 Å². The van der Waals surface area contributed by atoms with E-state index in [-0.39, 0.29) is 5.75 Å². The molecule has 0 saturated carbocycles. The zero-order valence-electron chi connectivity index (χ0n) is 7.90. The van der Waals surface area contributed by atoms with Gasteiger partial charge in [0.25, 0.3) is 10.0 Å². The first-order chi connectivity index (χ1) is 5.98. The fourth-order valence-electron chi connectivity index (χ4n) is 0.598. The van der Waals surface area contributed by atoms with Crippen LogP contribution < -0.4 is 0 Å². The molecule has 13 heavy (non-hydrogen) atoms. The van der Waals surface area contributed by atoms with E-state index in [0.29, 0.717) is 18.7 Å². The molecule has 0 amide bonds. The van der Waals surface area contributed by atoms with Gasteiger partial charge in [-0.25, -0.2) is 8.42 Å². The quantitative estimate of drug-likeness (QED) is 0.293. The maximum Gasteiger partial charge on any atom is 0.254 e. The lowest BCUT2D eigenvalue weighted by Crippen LogP contribution is -2.11. The van der Waals surface area contributed by atoms with Crippen LogP contribution in [0.3, 0.4) is 0 Å². The van der Waals surface area contributed by atoms with Crippen molar-refractivity contribution in [2.24, 2.45) is 4.40 Å². The third-order valence-electron chi connectivity index (χ3n) is 1.22. The molecule has 0 aromatic heterocycles. The van der Waals surface area contributed by atoms with Crippen molar-refractivity contribution in [2.75, 3.05) is 25.7 Å². The van der Waals surface area contributed by atoms with Gasteiger partial charge in [-0.1, -0.05) is 0 Å². The Morgan fingerprint density at radius 2 is 2.00 bits per heavy atom. The summed E-state index contributed by atoms with van der Waals surface area (Å²) in [7, 11) is 0.160. The molecular formula is C7H15ClN2O2S. The lowest BCUT2D eigenvalue weighted by molar-refractivity contribution is 0.591. The largest absolute Gasteiger partial charge is 0.368 e. The van der Waals surface area contributed by atoms with Crippen molar-refractivity contribution < 1.29 is 8.42 Å². The Morgan fingerprint density at radius 3 is 2.46 bits per heavy atom. The first-order valence-corrected chi connectivity index (χ1v) is 6.13. The van der Waals surface area contributed by atoms with Gasteiger partial charge in [0.2, 0.25) is 0 Å². The van der Waals surface area contributed by atoms with Gasteiger partial charge in [-0.3, -0.25) is 0 Å². The first kappa shape index (κ1) is 12.7. The third kappa shape index (κ3) is 8.05. The molecule has 0 aliphatic carbocycles. The molecule has 0 aliphatic heterocycles. The van der Waals surface area contributed by atoms with E-state index >= 15 is 0 Å². The van der Waals surface area contributed by atoms with Crippen molar-refractivity contribution in [1.82, 2.24) is 4.90 Å². The fraction of sp³-hybridized carbons (Fsp3) is 0.857. The molecule has 0 heterocycles. The topological polar surface area (TPSA) is 49.7 Å². The van der Waals surface area contributed by atoms with E-state index in [1.807, 2.05) is 0 Å². The zero-order chi connectivity index (χ0) is 10.3. The van der Waals surface area contributed by atoms with Gasteiger partial charge >= 0.3 is 0 Å². The van der Waals surface area contributed by atoms with Crippen molar-refractivity contribution in [1.29, 1.82) is 0 Å². The number of unbranched alkanes of at least 4 members (excludes halogenated alkanes) is 1. The van der Waals surface area contributed by atoms with Gasteiger partial charge in [-0.2, -0.15) is 4.40 Å². The van der Waals surface area contributed by atoms with E-state index in [2.05, 4.69) is 4.40 Å². The Labute approximate surface area is 84.6 Å². The summed E-state index contributed by atoms with van der Waals surface area (Å²) in [4.78, 5) is 1.58. The Morgan fingerprint density at radius 1 is 1.38 bits per heavy atom. The minimum Gasteiger partial charge on any atom is -0.368 e. The van der Waals surface area contributed by atoms with Crippen molar-refractivity contribution >= 4 is 28.0 Å². The second kappa shape index (κ2) is 6.21. The molecule has 0 saturated heterocycles. The molecule has 6 heteroatoms. The molecule has 78 valence electrons. The Hall–Kier alpha value is -0.290. The fourth-order valence-corrected chi connectivity index (χ4v) is 1.79. The summed E-state index contributed by atoms with van der Waals surface area (Å²) in [6.45, 7) is 0. The Bertz CT molecular complexity index is 249. The number of nitrogens with zero attached hydrogens (tertiary/aromatic N) is 2. The van der Waals surface area contributed by atoms with Crippen LogP contribution in [-0.4, -0.2) is 45.4 Å². The molecule has 0 bridgehead atoms. The summed E-state index contributed by atoms with van der Waals surface area (Å²) in [5.41, 5.74) is 0. The Balaban J connectivity index is 3.95. The third-order valence-corrected chi connectivity index (χ3v) is 2.71. The molecule has 0 spiro atoms. The maximum absolute atomic E-state index is 11.1. The van der Waals surface area contributed by atoms with Crippen molar-refractivity contribution in [2.45, 2.75) is 12.8 Å². The van der Waals surface area contributed by atoms with Gasteiger partial charge in [0.1, 0.15) is 6.34 Å². The van der Waals surface area contributed by atoms with Crippen LogP contribution in [0.4, 0.5) is 0 Å². The number of sulfonamides is 1. The van der Waals surface area contributed by atoms with Crippen LogP contribution in [0.5, 0.6) is 0 Å². The van der Waals surface area contributed by atoms with E-state index in [4.69, 9.17) is 11.6 Å². The van der Waals surface area contributed by atoms with Crippen LogP contribution in [0.15, 0.2) is 4.40 Å². The molecule has 0 rings (SSSR count). The predicted molar refractivity (Wildman–Crippen MR) is 55.9 cm³/mol. The lowest BCUT2D eigenvalue weighted by Gasteiger charge is -2.02. The number of rotatable bonds is 6. The standard InChI is InChI=1S/C7H15ClN2O2S/c1-10(2)7-9-13(11,12)6-4-3-5-8/h7H,3-6H2,1-2H3. The van der Waals surface area contributed by atoms with E-state index in [0.717, 1.165) is 0 Å². The van der Waals surface area contributed by atoms with Gasteiger partial charge in [-0.05, 0) is 12.8 Å². The Kier molecular flexibility index (Phi) is 6.07. The van der Waals surface area contributed by atoms with Crippen LogP contribution in [0.1, 0.15) is 12.8 Å². The highest BCUT2D eigenvalue weighted by Gasteiger charge is 2.05. The molecule has 0 N–H and O–H groups in total. The average molecular weight is 227 g/mol. The lowest BCUT2D eigenvalue weighted by atomic mass is 10.4. The van der Waals surface area contributed by atoms with E-state index in [9.17, 15) is 8.42 Å². The molecule has 0 unspecified atom stereocenters. The minimum atomic E-state index is -3.28. The van der Waals surface area contributed by atoms with Gasteiger partial charge in [-0.15, -0.1) is 11.6 Å². The second-order valence-electron chi connectivity index (χ2n) is 2.87. The highest BCUT2D eigenvalue weighted by molar-refractivity contribution is 7.90. The smallest absolute Gasteiger partial charge is 0.254 e. The molecule has 0 radical (unpaired) electrons. The molecule has 0 fully saturated rings. The van der Waals surface area contributed by atoms with Crippen molar-refractivity contribution in [3.63, 3.8) is 0 Å². The number of hydrogen-bond donors (Lipinski definition) is 0. The van der Waals surface area contributed by atoms with Crippen molar-refractivity contribution in [3.8, 4) is 0 Å². The van der Waals surface area contributed by atoms with E-state index < -0.39 is 10.0 Å². The first-order valence-electron chi connectivity index (χ1n) is 3.98. The number of halogens is 1. The predicted octanol–water partition coefficient (Wildman–Crippen LogP) is 0.925. The van der Waals surface area contributed by atoms with Crippen molar-refractivity contribution in [3.05, 3.63) is 0 Å². The normalized spacial score (nSPS) is 12.2. The molecule has 0 aromatic rings. The van der Waals surface area contributed by atoms with Gasteiger partial charge in [0.15, 0.2) is 0 Å². The monoisotopic (exact) mass is 226 g/mol. The molecule has 4 nitrogen and oxygen atoms in total. The summed E-state index contributed by atoms with van der Waals surface area (Å²) in [5, 5.41) is 0. The SMILES string of the molecule is CN(C)C=NS(=O)(=O)CCCCCl. The number of alkyl halides is 1. The highest BCUT2D eigenvalue weighted by atomic mass is 35.5. The summed E-state index contributed by atoms with van der Waals surface area (Å²) < 4.78 is 25.7. The summed E-state index contributed by atoms with van der Waals surface area (Å²) >= 11 is 5.42. The van der Waals surface area contributed by atoms with Crippen LogP contribution in [-0.2, 0) is 10.0 Å². The van der Waals surface area contributed by atoms with E-state index in [1.165, 1.54) is 6.34 Å². The highest BCUT2D eigenvalue weighted by Crippen LogP contribution is 1.99. The molecule has 0 atom stereocenters. The maximum atomic E-state index is 11.1. The van der Waals surface area contributed by atoms with Crippen LogP contribution in [0.2, 0.25) is 0 Å². The van der Waals surface area contributed by atoms with E-state index in [1.54, 1.807) is 19.0 Å². The second-order valence-corrected chi connectivity index (χ2v) is 5.03. The van der Waals surface area contributed by atoms with Gasteiger partial charge in [0.05, 0.1) is 5.75 Å². The average Bonchev–Trinajstić information content (AvgIpc) is 2.02. The minimum absolute atomic E-state index is 0.0735. The molecular weight excluding hydrogens is 212 g/mol. The molecule has 0 aromatic carbocycles. The molecule has 0 aliphatic rings.